The van der Waals surface area contributed by atoms with Crippen molar-refractivity contribution in [2.24, 2.45) is 11.8 Å². The summed E-state index contributed by atoms with van der Waals surface area (Å²) in [6.45, 7) is 1.14. The van der Waals surface area contributed by atoms with Crippen molar-refractivity contribution in [3.63, 3.8) is 0 Å². The van der Waals surface area contributed by atoms with Gasteiger partial charge in [-0.1, -0.05) is 30.3 Å². The summed E-state index contributed by atoms with van der Waals surface area (Å²) in [6.07, 6.45) is 1.69. The highest BCUT2D eigenvalue weighted by atomic mass is 16.4. The van der Waals surface area contributed by atoms with Gasteiger partial charge in [-0.15, -0.1) is 0 Å². The molecule has 2 aliphatic rings. The summed E-state index contributed by atoms with van der Waals surface area (Å²) in [5.74, 6) is -2.42. The summed E-state index contributed by atoms with van der Waals surface area (Å²) in [5, 5.41) is 11.8. The molecule has 2 fully saturated rings. The number of carboxylic acids is 1. The fraction of sp³-hybridized carbons (Fsp3) is 0.471. The first kappa shape index (κ1) is 15.5. The Bertz CT molecular complexity index is 616. The van der Waals surface area contributed by atoms with Crippen molar-refractivity contribution in [3.8, 4) is 0 Å². The van der Waals surface area contributed by atoms with Crippen molar-refractivity contribution in [1.29, 1.82) is 0 Å². The first-order chi connectivity index (χ1) is 11.1. The molecule has 1 aliphatic heterocycles. The molecule has 23 heavy (non-hydrogen) atoms. The lowest BCUT2D eigenvalue weighted by atomic mass is 9.73. The second-order valence-electron chi connectivity index (χ2n) is 6.22. The van der Waals surface area contributed by atoms with Crippen LogP contribution in [0.15, 0.2) is 30.3 Å². The van der Waals surface area contributed by atoms with Crippen LogP contribution in [0.4, 0.5) is 0 Å². The molecule has 2 amide bonds. The smallest absolute Gasteiger partial charge is 0.307 e. The summed E-state index contributed by atoms with van der Waals surface area (Å²) < 4.78 is 0. The number of carboxylic acid groups (broad SMARTS) is 1. The molecule has 1 saturated carbocycles. The van der Waals surface area contributed by atoms with Crippen LogP contribution in [-0.4, -0.2) is 40.4 Å². The molecule has 1 aliphatic carbocycles. The number of likely N-dealkylation sites (tertiary alicyclic amines) is 1. The van der Waals surface area contributed by atoms with Crippen LogP contribution < -0.4 is 5.32 Å². The number of rotatable bonds is 5. The lowest BCUT2D eigenvalue weighted by Crippen LogP contribution is -2.49. The monoisotopic (exact) mass is 316 g/mol. The van der Waals surface area contributed by atoms with Crippen LogP contribution in [0.1, 0.15) is 24.8 Å². The highest BCUT2D eigenvalue weighted by molar-refractivity contribution is 5.92. The molecule has 3 unspecified atom stereocenters. The predicted molar refractivity (Wildman–Crippen MR) is 82.3 cm³/mol. The molecule has 1 saturated heterocycles. The zero-order chi connectivity index (χ0) is 16.4. The van der Waals surface area contributed by atoms with Gasteiger partial charge in [0, 0.05) is 13.1 Å². The SMILES string of the molecule is O=C(O)C1CCC1C(=O)NC1CCN(Cc2ccccc2)C1=O. The molecule has 2 N–H and O–H groups in total. The molecule has 1 aromatic rings. The summed E-state index contributed by atoms with van der Waals surface area (Å²) in [6, 6.07) is 9.18. The first-order valence-electron chi connectivity index (χ1n) is 7.92. The van der Waals surface area contributed by atoms with Gasteiger partial charge in [-0.2, -0.15) is 0 Å². The third-order valence-corrected chi connectivity index (χ3v) is 4.76. The first-order valence-corrected chi connectivity index (χ1v) is 7.92. The maximum absolute atomic E-state index is 12.4. The van der Waals surface area contributed by atoms with E-state index in [1.165, 1.54) is 0 Å². The minimum atomic E-state index is -0.931. The Morgan fingerprint density at radius 1 is 1.13 bits per heavy atom. The molecule has 0 aromatic heterocycles. The molecule has 6 heteroatoms. The van der Waals surface area contributed by atoms with Gasteiger partial charge in [0.25, 0.3) is 0 Å². The Morgan fingerprint density at radius 3 is 2.43 bits per heavy atom. The maximum atomic E-state index is 12.4. The van der Waals surface area contributed by atoms with Gasteiger partial charge in [0.2, 0.25) is 11.8 Å². The Morgan fingerprint density at radius 2 is 1.83 bits per heavy atom. The highest BCUT2D eigenvalue weighted by Crippen LogP contribution is 2.34. The van der Waals surface area contributed by atoms with Crippen LogP contribution >= 0.6 is 0 Å². The zero-order valence-electron chi connectivity index (χ0n) is 12.8. The topological polar surface area (TPSA) is 86.7 Å². The van der Waals surface area contributed by atoms with Crippen molar-refractivity contribution >= 4 is 17.8 Å². The molecule has 0 bridgehead atoms. The molecule has 0 radical (unpaired) electrons. The Balaban J connectivity index is 1.55. The van der Waals surface area contributed by atoms with E-state index in [1.54, 1.807) is 4.90 Å². The van der Waals surface area contributed by atoms with Gasteiger partial charge in [0.05, 0.1) is 11.8 Å². The third kappa shape index (κ3) is 3.21. The molecule has 1 heterocycles. The molecular formula is C17H20N2O4. The predicted octanol–water partition coefficient (Wildman–Crippen LogP) is 1.01. The number of nitrogens with one attached hydrogen (secondary N) is 1. The van der Waals surface area contributed by atoms with Gasteiger partial charge in [0.15, 0.2) is 0 Å². The largest absolute Gasteiger partial charge is 0.481 e. The van der Waals surface area contributed by atoms with Crippen molar-refractivity contribution in [1.82, 2.24) is 10.2 Å². The number of carbonyl (C=O) groups is 3. The minimum Gasteiger partial charge on any atom is -0.481 e. The number of amides is 2. The van der Waals surface area contributed by atoms with Crippen LogP contribution in [0.5, 0.6) is 0 Å². The molecule has 1 aromatic carbocycles. The van der Waals surface area contributed by atoms with E-state index in [2.05, 4.69) is 5.32 Å². The lowest BCUT2D eigenvalue weighted by Gasteiger charge is -2.32. The second kappa shape index (κ2) is 6.40. The number of hydrogen-bond acceptors (Lipinski definition) is 3. The van der Waals surface area contributed by atoms with Crippen molar-refractivity contribution in [2.75, 3.05) is 6.54 Å². The lowest BCUT2D eigenvalue weighted by molar-refractivity contribution is -0.153. The molecule has 3 atom stereocenters. The Labute approximate surface area is 134 Å². The van der Waals surface area contributed by atoms with Crippen LogP contribution in [-0.2, 0) is 20.9 Å². The van der Waals surface area contributed by atoms with Gasteiger partial charge < -0.3 is 15.3 Å². The van der Waals surface area contributed by atoms with Crippen molar-refractivity contribution < 1.29 is 19.5 Å². The standard InChI is InChI=1S/C17H20N2O4/c20-15(12-6-7-13(12)17(22)23)18-14-8-9-19(16(14)21)10-11-4-2-1-3-5-11/h1-5,12-14H,6-10H2,(H,18,20)(H,22,23). The normalized spacial score (nSPS) is 26.7. The van der Waals surface area contributed by atoms with E-state index in [4.69, 9.17) is 5.11 Å². The van der Waals surface area contributed by atoms with Crippen LogP contribution in [0, 0.1) is 11.8 Å². The molecule has 6 nitrogen and oxygen atoms in total. The highest BCUT2D eigenvalue weighted by Gasteiger charge is 2.43. The van der Waals surface area contributed by atoms with Gasteiger partial charge in [0.1, 0.15) is 6.04 Å². The fourth-order valence-corrected chi connectivity index (χ4v) is 3.22. The van der Waals surface area contributed by atoms with E-state index < -0.39 is 23.8 Å². The molecular weight excluding hydrogens is 296 g/mol. The van der Waals surface area contributed by atoms with E-state index >= 15 is 0 Å². The van der Waals surface area contributed by atoms with Gasteiger partial charge >= 0.3 is 5.97 Å². The number of nitrogens with zero attached hydrogens (tertiary/aromatic N) is 1. The van der Waals surface area contributed by atoms with E-state index in [9.17, 15) is 14.4 Å². The summed E-state index contributed by atoms with van der Waals surface area (Å²) >= 11 is 0. The minimum absolute atomic E-state index is 0.0894. The van der Waals surface area contributed by atoms with Gasteiger partial charge in [-0.3, -0.25) is 14.4 Å². The average molecular weight is 316 g/mol. The number of benzene rings is 1. The fourth-order valence-electron chi connectivity index (χ4n) is 3.22. The zero-order valence-corrected chi connectivity index (χ0v) is 12.8. The van der Waals surface area contributed by atoms with Crippen LogP contribution in [0.3, 0.4) is 0 Å². The maximum Gasteiger partial charge on any atom is 0.307 e. The third-order valence-electron chi connectivity index (χ3n) is 4.76. The van der Waals surface area contributed by atoms with E-state index in [0.29, 0.717) is 32.4 Å². The number of hydrogen-bond donors (Lipinski definition) is 2. The van der Waals surface area contributed by atoms with E-state index in [0.717, 1.165) is 5.56 Å². The van der Waals surface area contributed by atoms with Crippen LogP contribution in [0.25, 0.3) is 0 Å². The quantitative estimate of drug-likeness (QED) is 0.849. The summed E-state index contributed by atoms with van der Waals surface area (Å²) in [7, 11) is 0. The number of aliphatic carboxylic acids is 1. The Kier molecular flexibility index (Phi) is 4.32. The number of carbonyl (C=O) groups excluding carboxylic acids is 2. The van der Waals surface area contributed by atoms with E-state index in [-0.39, 0.29) is 11.8 Å². The molecule has 0 spiro atoms. The second-order valence-corrected chi connectivity index (χ2v) is 6.22. The summed E-state index contributed by atoms with van der Waals surface area (Å²) in [5.41, 5.74) is 1.05. The van der Waals surface area contributed by atoms with Crippen molar-refractivity contribution in [3.05, 3.63) is 35.9 Å². The van der Waals surface area contributed by atoms with Gasteiger partial charge in [-0.25, -0.2) is 0 Å². The molecule has 3 rings (SSSR count). The van der Waals surface area contributed by atoms with E-state index in [1.807, 2.05) is 30.3 Å². The molecule has 122 valence electrons. The Hall–Kier alpha value is -2.37. The average Bonchev–Trinajstić information content (AvgIpc) is 2.79. The van der Waals surface area contributed by atoms with Crippen LogP contribution in [0.2, 0.25) is 0 Å². The van der Waals surface area contributed by atoms with Gasteiger partial charge in [-0.05, 0) is 24.8 Å². The summed E-state index contributed by atoms with van der Waals surface area (Å²) in [4.78, 5) is 37.3. The van der Waals surface area contributed by atoms with Crippen molar-refractivity contribution in [2.45, 2.75) is 31.8 Å².